The SMILES string of the molecule is CC1=[C-]C(C)C(C)=C1C.CC1=[C-]C(C)C(C)=C1C.[Y+3]. The van der Waals surface area contributed by atoms with E-state index in [4.69, 9.17) is 0 Å². The molecule has 2 rings (SSSR count). The summed E-state index contributed by atoms with van der Waals surface area (Å²) in [5, 5.41) is 0. The van der Waals surface area contributed by atoms with Crippen molar-refractivity contribution in [3.8, 4) is 0 Å². The van der Waals surface area contributed by atoms with Crippen LogP contribution < -0.4 is 0 Å². The maximum absolute atomic E-state index is 3.36. The summed E-state index contributed by atoms with van der Waals surface area (Å²) >= 11 is 0. The predicted molar refractivity (Wildman–Crippen MR) is 79.9 cm³/mol. The first kappa shape index (κ1) is 19.1. The van der Waals surface area contributed by atoms with Gasteiger partial charge in [-0.2, -0.15) is 22.3 Å². The number of allylic oxidation sites excluding steroid dienone is 8. The number of hydrogen-bond acceptors (Lipinski definition) is 0. The van der Waals surface area contributed by atoms with Crippen molar-refractivity contribution >= 4 is 0 Å². The Morgan fingerprint density at radius 3 is 0.947 bits per heavy atom. The third-order valence-corrected chi connectivity index (χ3v) is 4.47. The molecule has 2 unspecified atom stereocenters. The van der Waals surface area contributed by atoms with Crippen LogP contribution in [0.15, 0.2) is 33.4 Å². The van der Waals surface area contributed by atoms with E-state index in [1.54, 1.807) is 0 Å². The second-order valence-electron chi connectivity index (χ2n) is 5.60. The molecule has 0 spiro atoms. The molecular weight excluding hydrogens is 305 g/mol. The Balaban J connectivity index is 0.000000324. The molecule has 19 heavy (non-hydrogen) atoms. The van der Waals surface area contributed by atoms with E-state index in [9.17, 15) is 0 Å². The van der Waals surface area contributed by atoms with E-state index in [2.05, 4.69) is 67.5 Å². The number of hydrogen-bond donors (Lipinski definition) is 0. The second-order valence-corrected chi connectivity index (χ2v) is 5.60. The van der Waals surface area contributed by atoms with Gasteiger partial charge >= 0.3 is 32.7 Å². The molecular formula is C18H26Y+. The van der Waals surface area contributed by atoms with Gasteiger partial charge in [0.05, 0.1) is 0 Å². The quantitative estimate of drug-likeness (QED) is 0.518. The van der Waals surface area contributed by atoms with Crippen LogP contribution in [0.5, 0.6) is 0 Å². The molecule has 0 heterocycles. The van der Waals surface area contributed by atoms with E-state index in [0.29, 0.717) is 11.8 Å². The Kier molecular flexibility index (Phi) is 7.77. The molecule has 0 aromatic carbocycles. The van der Waals surface area contributed by atoms with E-state index in [-0.39, 0.29) is 32.7 Å². The van der Waals surface area contributed by atoms with Gasteiger partial charge in [0.1, 0.15) is 0 Å². The molecule has 0 bridgehead atoms. The molecule has 100 valence electrons. The molecule has 0 saturated heterocycles. The molecule has 0 aromatic heterocycles. The topological polar surface area (TPSA) is 0 Å². The zero-order valence-corrected chi connectivity index (χ0v) is 16.6. The van der Waals surface area contributed by atoms with Crippen LogP contribution in [-0.2, 0) is 32.7 Å². The van der Waals surface area contributed by atoms with Crippen molar-refractivity contribution in [2.24, 2.45) is 11.8 Å². The van der Waals surface area contributed by atoms with Crippen molar-refractivity contribution in [3.05, 3.63) is 45.6 Å². The van der Waals surface area contributed by atoms with Gasteiger partial charge in [-0.1, -0.05) is 53.4 Å². The molecule has 0 amide bonds. The monoisotopic (exact) mass is 331 g/mol. The molecule has 1 heteroatoms. The smallest absolute Gasteiger partial charge is 0.266 e. The van der Waals surface area contributed by atoms with Crippen molar-refractivity contribution < 1.29 is 32.7 Å². The first-order valence-corrected chi connectivity index (χ1v) is 6.81. The summed E-state index contributed by atoms with van der Waals surface area (Å²) in [5.41, 5.74) is 8.49. The van der Waals surface area contributed by atoms with Gasteiger partial charge in [-0.3, -0.25) is 12.2 Å². The zero-order valence-electron chi connectivity index (χ0n) is 13.7. The van der Waals surface area contributed by atoms with Crippen molar-refractivity contribution in [1.29, 1.82) is 0 Å². The van der Waals surface area contributed by atoms with Crippen LogP contribution in [0.1, 0.15) is 55.4 Å². The van der Waals surface area contributed by atoms with E-state index in [0.717, 1.165) is 0 Å². The maximum atomic E-state index is 3.36. The van der Waals surface area contributed by atoms with E-state index in [1.165, 1.54) is 33.4 Å². The minimum Gasteiger partial charge on any atom is -0.266 e. The van der Waals surface area contributed by atoms with E-state index < -0.39 is 0 Å². The summed E-state index contributed by atoms with van der Waals surface area (Å²) in [7, 11) is 0. The summed E-state index contributed by atoms with van der Waals surface area (Å²) in [6.45, 7) is 17.3. The fourth-order valence-corrected chi connectivity index (χ4v) is 2.32. The minimum absolute atomic E-state index is 0. The van der Waals surface area contributed by atoms with Crippen LogP contribution in [0.4, 0.5) is 0 Å². The largest absolute Gasteiger partial charge is 3.00 e. The van der Waals surface area contributed by atoms with Gasteiger partial charge in [0, 0.05) is 0 Å². The van der Waals surface area contributed by atoms with Crippen LogP contribution in [0.25, 0.3) is 0 Å². The fraction of sp³-hybridized carbons (Fsp3) is 0.556. The molecule has 0 aliphatic heterocycles. The molecule has 2 aliphatic carbocycles. The minimum atomic E-state index is 0. The first-order chi connectivity index (χ1) is 8.25. The standard InChI is InChI=1S/2C9H13.Y/c2*1-6-5-7(2)9(4)8(6)3;/h2*6H,1-4H3;/q2*-1;+3. The van der Waals surface area contributed by atoms with Crippen molar-refractivity contribution in [2.75, 3.05) is 0 Å². The van der Waals surface area contributed by atoms with Crippen molar-refractivity contribution in [3.63, 3.8) is 0 Å². The van der Waals surface area contributed by atoms with Crippen molar-refractivity contribution in [1.82, 2.24) is 0 Å². The van der Waals surface area contributed by atoms with Crippen LogP contribution in [0, 0.1) is 24.0 Å². The van der Waals surface area contributed by atoms with Crippen LogP contribution >= 0.6 is 0 Å². The summed E-state index contributed by atoms with van der Waals surface area (Å²) < 4.78 is 0. The maximum Gasteiger partial charge on any atom is 3.00 e. The fourth-order valence-electron chi connectivity index (χ4n) is 2.32. The predicted octanol–water partition coefficient (Wildman–Crippen LogP) is 5.44. The number of rotatable bonds is 0. The average Bonchev–Trinajstić information content (AvgIpc) is 2.66. The van der Waals surface area contributed by atoms with Gasteiger partial charge in [0.15, 0.2) is 0 Å². The van der Waals surface area contributed by atoms with Crippen LogP contribution in [0.2, 0.25) is 0 Å². The van der Waals surface area contributed by atoms with Gasteiger partial charge < -0.3 is 0 Å². The van der Waals surface area contributed by atoms with Gasteiger partial charge in [-0.15, -0.1) is 13.8 Å². The first-order valence-electron chi connectivity index (χ1n) is 6.81. The molecule has 0 N–H and O–H groups in total. The second kappa shape index (κ2) is 7.74. The Morgan fingerprint density at radius 1 is 0.632 bits per heavy atom. The summed E-state index contributed by atoms with van der Waals surface area (Å²) in [6.07, 6.45) is 6.72. The van der Waals surface area contributed by atoms with Gasteiger partial charge in [0.2, 0.25) is 0 Å². The molecule has 0 aromatic rings. The zero-order chi connectivity index (χ0) is 14.0. The Labute approximate surface area is 145 Å². The molecule has 2 aliphatic rings. The van der Waals surface area contributed by atoms with E-state index in [1.807, 2.05) is 0 Å². The molecule has 0 saturated carbocycles. The Morgan fingerprint density at radius 2 is 0.895 bits per heavy atom. The van der Waals surface area contributed by atoms with Gasteiger partial charge in [0.25, 0.3) is 0 Å². The van der Waals surface area contributed by atoms with Crippen LogP contribution in [0.3, 0.4) is 0 Å². The van der Waals surface area contributed by atoms with Gasteiger partial charge in [-0.05, 0) is 0 Å². The summed E-state index contributed by atoms with van der Waals surface area (Å²) in [5.74, 6) is 1.12. The van der Waals surface area contributed by atoms with Crippen LogP contribution in [-0.4, -0.2) is 0 Å². The Bertz CT molecular complexity index is 414. The molecule has 2 atom stereocenters. The van der Waals surface area contributed by atoms with Gasteiger partial charge in [-0.25, -0.2) is 11.1 Å². The molecule has 0 nitrogen and oxygen atoms in total. The Hall–Kier alpha value is 0.0639. The summed E-state index contributed by atoms with van der Waals surface area (Å²) in [4.78, 5) is 0. The third-order valence-electron chi connectivity index (χ3n) is 4.47. The molecule has 0 fully saturated rings. The summed E-state index contributed by atoms with van der Waals surface area (Å²) in [6, 6.07) is 0. The van der Waals surface area contributed by atoms with Crippen molar-refractivity contribution in [2.45, 2.75) is 55.4 Å². The third kappa shape index (κ3) is 4.53. The molecule has 0 radical (unpaired) electrons. The normalized spacial score (nSPS) is 25.7. The van der Waals surface area contributed by atoms with E-state index >= 15 is 0 Å². The average molecular weight is 331 g/mol.